The molecule has 6 heteroatoms. The van der Waals surface area contributed by atoms with Crippen molar-refractivity contribution < 1.29 is 19.1 Å². The van der Waals surface area contributed by atoms with E-state index in [1.807, 2.05) is 0 Å². The van der Waals surface area contributed by atoms with E-state index in [9.17, 15) is 9.59 Å². The highest BCUT2D eigenvalue weighted by Gasteiger charge is 2.24. The normalized spacial score (nSPS) is 15.8. The molecule has 2 amide bonds. The van der Waals surface area contributed by atoms with E-state index >= 15 is 0 Å². The van der Waals surface area contributed by atoms with Gasteiger partial charge in [-0.25, -0.2) is 9.69 Å². The molecule has 0 fully saturated rings. The van der Waals surface area contributed by atoms with Crippen LogP contribution in [0.3, 0.4) is 0 Å². The zero-order valence-electron chi connectivity index (χ0n) is 10.2. The number of hydrogen-bond donors (Lipinski definition) is 1. The second-order valence-electron chi connectivity index (χ2n) is 3.82. The van der Waals surface area contributed by atoms with Crippen LogP contribution in [0.25, 0.3) is 0 Å². The van der Waals surface area contributed by atoms with Crippen molar-refractivity contribution in [3.05, 3.63) is 23.8 Å². The summed E-state index contributed by atoms with van der Waals surface area (Å²) in [5.41, 5.74) is 1.04. The second kappa shape index (κ2) is 4.95. The molecule has 1 aromatic carbocycles. The Morgan fingerprint density at radius 2 is 2.17 bits per heavy atom. The standard InChI is InChI=1S/C12H14N2O4/c1-14-11(15)9-7-8(17-2)3-4-10(9)13-5-6-18-12(14)16/h3-4,7,13H,5-6H2,1-2H3. The fraction of sp³-hybridized carbons (Fsp3) is 0.333. The van der Waals surface area contributed by atoms with Crippen molar-refractivity contribution in [3.63, 3.8) is 0 Å². The molecule has 1 aliphatic rings. The summed E-state index contributed by atoms with van der Waals surface area (Å²) >= 11 is 0. The first-order valence-electron chi connectivity index (χ1n) is 5.50. The Bertz CT molecular complexity index is 487. The summed E-state index contributed by atoms with van der Waals surface area (Å²) in [4.78, 5) is 24.6. The first-order chi connectivity index (χ1) is 8.63. The molecular formula is C12H14N2O4. The first kappa shape index (κ1) is 12.2. The molecule has 2 rings (SSSR count). The van der Waals surface area contributed by atoms with E-state index in [1.54, 1.807) is 18.2 Å². The highest BCUT2D eigenvalue weighted by atomic mass is 16.6. The van der Waals surface area contributed by atoms with Crippen molar-refractivity contribution in [1.29, 1.82) is 0 Å². The van der Waals surface area contributed by atoms with Crippen molar-refractivity contribution in [2.75, 3.05) is 32.6 Å². The number of methoxy groups -OCH3 is 1. The van der Waals surface area contributed by atoms with E-state index in [-0.39, 0.29) is 6.61 Å². The van der Waals surface area contributed by atoms with Crippen molar-refractivity contribution in [2.45, 2.75) is 0 Å². The van der Waals surface area contributed by atoms with Crippen LogP contribution in [0.1, 0.15) is 10.4 Å². The van der Waals surface area contributed by atoms with Crippen LogP contribution in [0.5, 0.6) is 5.75 Å². The molecule has 1 heterocycles. The quantitative estimate of drug-likeness (QED) is 0.814. The molecule has 0 aromatic heterocycles. The van der Waals surface area contributed by atoms with Crippen LogP contribution in [0, 0.1) is 0 Å². The lowest BCUT2D eigenvalue weighted by Crippen LogP contribution is -2.33. The van der Waals surface area contributed by atoms with Gasteiger partial charge in [0.15, 0.2) is 0 Å². The summed E-state index contributed by atoms with van der Waals surface area (Å²) < 4.78 is 9.99. The van der Waals surface area contributed by atoms with E-state index in [1.165, 1.54) is 14.2 Å². The van der Waals surface area contributed by atoms with Crippen molar-refractivity contribution >= 4 is 17.7 Å². The monoisotopic (exact) mass is 250 g/mol. The van der Waals surface area contributed by atoms with Crippen LogP contribution in [-0.4, -0.2) is 44.2 Å². The number of nitrogens with one attached hydrogen (secondary N) is 1. The summed E-state index contributed by atoms with van der Waals surface area (Å²) in [5.74, 6) is 0.133. The van der Waals surface area contributed by atoms with E-state index in [0.29, 0.717) is 23.5 Å². The fourth-order valence-electron chi connectivity index (χ4n) is 1.67. The Labute approximate surface area is 104 Å². The molecule has 96 valence electrons. The first-order valence-corrected chi connectivity index (χ1v) is 5.50. The SMILES string of the molecule is COc1ccc2c(c1)C(=O)N(C)C(=O)OCCN2. The number of fused-ring (bicyclic) bond motifs is 1. The van der Waals surface area contributed by atoms with Gasteiger partial charge >= 0.3 is 6.09 Å². The van der Waals surface area contributed by atoms with Gasteiger partial charge in [0.25, 0.3) is 5.91 Å². The summed E-state index contributed by atoms with van der Waals surface area (Å²) in [6.07, 6.45) is -0.655. The average Bonchev–Trinajstić information content (AvgIpc) is 2.45. The minimum Gasteiger partial charge on any atom is -0.497 e. The maximum Gasteiger partial charge on any atom is 0.416 e. The van der Waals surface area contributed by atoms with Gasteiger partial charge in [-0.15, -0.1) is 0 Å². The molecule has 18 heavy (non-hydrogen) atoms. The van der Waals surface area contributed by atoms with Crippen LogP contribution < -0.4 is 10.1 Å². The van der Waals surface area contributed by atoms with Gasteiger partial charge in [0.1, 0.15) is 12.4 Å². The molecule has 0 saturated heterocycles. The molecule has 0 radical (unpaired) electrons. The Hall–Kier alpha value is -2.24. The lowest BCUT2D eigenvalue weighted by molar-refractivity contribution is 0.0722. The van der Waals surface area contributed by atoms with Gasteiger partial charge in [-0.3, -0.25) is 4.79 Å². The van der Waals surface area contributed by atoms with Crippen LogP contribution in [-0.2, 0) is 4.74 Å². The molecule has 1 aromatic rings. The van der Waals surface area contributed by atoms with Gasteiger partial charge in [0, 0.05) is 19.3 Å². The molecule has 0 spiro atoms. The molecule has 0 unspecified atom stereocenters. The number of rotatable bonds is 1. The van der Waals surface area contributed by atoms with Gasteiger partial charge in [-0.05, 0) is 18.2 Å². The number of cyclic esters (lactones) is 1. The summed E-state index contributed by atoms with van der Waals surface area (Å²) in [6.45, 7) is 0.661. The van der Waals surface area contributed by atoms with Crippen molar-refractivity contribution in [1.82, 2.24) is 4.90 Å². The molecule has 6 nitrogen and oxygen atoms in total. The molecule has 0 atom stereocenters. The number of benzene rings is 1. The van der Waals surface area contributed by atoms with Crippen LogP contribution in [0.4, 0.5) is 10.5 Å². The second-order valence-corrected chi connectivity index (χ2v) is 3.82. The van der Waals surface area contributed by atoms with Crippen LogP contribution in [0.15, 0.2) is 18.2 Å². The van der Waals surface area contributed by atoms with Crippen LogP contribution >= 0.6 is 0 Å². The molecule has 0 saturated carbocycles. The number of imide groups is 1. The lowest BCUT2D eigenvalue weighted by atomic mass is 10.1. The van der Waals surface area contributed by atoms with E-state index in [0.717, 1.165) is 4.90 Å². The highest BCUT2D eigenvalue weighted by Crippen LogP contribution is 2.24. The summed E-state index contributed by atoms with van der Waals surface area (Å²) in [7, 11) is 2.91. The van der Waals surface area contributed by atoms with Gasteiger partial charge in [-0.1, -0.05) is 0 Å². The average molecular weight is 250 g/mol. The van der Waals surface area contributed by atoms with Crippen LogP contribution in [0.2, 0.25) is 0 Å². The highest BCUT2D eigenvalue weighted by molar-refractivity contribution is 6.06. The number of carbonyl (C=O) groups is 2. The number of ether oxygens (including phenoxy) is 2. The van der Waals surface area contributed by atoms with Crippen molar-refractivity contribution in [2.24, 2.45) is 0 Å². The number of carbonyl (C=O) groups excluding carboxylic acids is 2. The molecule has 1 aliphatic heterocycles. The predicted octanol–water partition coefficient (Wildman–Crippen LogP) is 1.33. The number of hydrogen-bond acceptors (Lipinski definition) is 5. The van der Waals surface area contributed by atoms with E-state index in [2.05, 4.69) is 5.32 Å². The molecule has 0 bridgehead atoms. The van der Waals surface area contributed by atoms with Crippen molar-refractivity contribution in [3.8, 4) is 5.75 Å². The van der Waals surface area contributed by atoms with Gasteiger partial charge < -0.3 is 14.8 Å². The van der Waals surface area contributed by atoms with Gasteiger partial charge in [-0.2, -0.15) is 0 Å². The Morgan fingerprint density at radius 3 is 2.89 bits per heavy atom. The third kappa shape index (κ3) is 2.22. The Morgan fingerprint density at radius 1 is 1.39 bits per heavy atom. The maximum absolute atomic E-state index is 12.2. The summed E-state index contributed by atoms with van der Waals surface area (Å²) in [5, 5.41) is 3.05. The molecular weight excluding hydrogens is 236 g/mol. The van der Waals surface area contributed by atoms with Gasteiger partial charge in [0.05, 0.1) is 12.7 Å². The number of nitrogens with zero attached hydrogens (tertiary/aromatic N) is 1. The molecule has 0 aliphatic carbocycles. The minimum atomic E-state index is -0.655. The third-order valence-corrected chi connectivity index (χ3v) is 2.68. The predicted molar refractivity (Wildman–Crippen MR) is 64.9 cm³/mol. The topological polar surface area (TPSA) is 67.9 Å². The summed E-state index contributed by atoms with van der Waals surface area (Å²) in [6, 6.07) is 5.09. The largest absolute Gasteiger partial charge is 0.497 e. The van der Waals surface area contributed by atoms with Gasteiger partial charge in [0.2, 0.25) is 0 Å². The zero-order chi connectivity index (χ0) is 13.1. The Balaban J connectivity index is 2.45. The molecule has 1 N–H and O–H groups in total. The number of anilines is 1. The lowest BCUT2D eigenvalue weighted by Gasteiger charge is -2.15. The smallest absolute Gasteiger partial charge is 0.416 e. The third-order valence-electron chi connectivity index (χ3n) is 2.68. The number of amides is 2. The fourth-order valence-corrected chi connectivity index (χ4v) is 1.67. The minimum absolute atomic E-state index is 0.210. The zero-order valence-corrected chi connectivity index (χ0v) is 10.2. The maximum atomic E-state index is 12.2. The van der Waals surface area contributed by atoms with E-state index in [4.69, 9.17) is 9.47 Å². The Kier molecular flexibility index (Phi) is 3.36. The van der Waals surface area contributed by atoms with E-state index < -0.39 is 12.0 Å².